The van der Waals surface area contributed by atoms with Gasteiger partial charge in [-0.3, -0.25) is 19.3 Å². The van der Waals surface area contributed by atoms with Crippen molar-refractivity contribution in [2.45, 2.75) is 44.2 Å². The fraction of sp³-hybridized carbons (Fsp3) is 0.692. The van der Waals surface area contributed by atoms with E-state index in [9.17, 15) is 19.2 Å². The maximum Gasteiger partial charge on any atom is 0.315 e. The highest BCUT2D eigenvalue weighted by atomic mass is 16.4. The number of carbonyl (C=O) groups excluding carboxylic acids is 3. The number of likely N-dealkylation sites (tertiary alicyclic amines) is 1. The quantitative estimate of drug-likeness (QED) is 0.618. The summed E-state index contributed by atoms with van der Waals surface area (Å²) in [7, 11) is 1.38. The molecule has 4 amide bonds. The number of imide groups is 1. The summed E-state index contributed by atoms with van der Waals surface area (Å²) in [6, 6.07) is -1.72. The predicted molar refractivity (Wildman–Crippen MR) is 71.2 cm³/mol. The molecule has 0 spiro atoms. The van der Waals surface area contributed by atoms with Crippen molar-refractivity contribution in [3.63, 3.8) is 0 Å². The van der Waals surface area contributed by atoms with Crippen LogP contribution < -0.4 is 10.6 Å². The number of hydrogen-bond donors (Lipinski definition) is 3. The molecule has 3 atom stereocenters. The number of aliphatic carboxylic acids is 1. The number of amides is 4. The predicted octanol–water partition coefficient (Wildman–Crippen LogP) is -0.314. The lowest BCUT2D eigenvalue weighted by Gasteiger charge is -2.29. The Bertz CT molecular complexity index is 478. The Balaban J connectivity index is 1.89. The van der Waals surface area contributed by atoms with Crippen molar-refractivity contribution in [3.8, 4) is 0 Å². The molecule has 1 saturated heterocycles. The summed E-state index contributed by atoms with van der Waals surface area (Å²) < 4.78 is 0. The Hall–Kier alpha value is -2.12. The number of piperidine rings is 1. The molecule has 8 nitrogen and oxygen atoms in total. The summed E-state index contributed by atoms with van der Waals surface area (Å²) in [6.45, 7) is 0. The molecule has 3 unspecified atom stereocenters. The Labute approximate surface area is 121 Å². The van der Waals surface area contributed by atoms with Crippen molar-refractivity contribution in [2.24, 2.45) is 5.92 Å². The first-order chi connectivity index (χ1) is 9.90. The smallest absolute Gasteiger partial charge is 0.315 e. The second-order valence-corrected chi connectivity index (χ2v) is 5.48. The lowest BCUT2D eigenvalue weighted by Crippen LogP contribution is -2.56. The molecule has 1 aliphatic heterocycles. The molecule has 2 aliphatic rings. The zero-order valence-corrected chi connectivity index (χ0v) is 11.8. The van der Waals surface area contributed by atoms with Crippen molar-refractivity contribution >= 4 is 23.8 Å². The molecule has 116 valence electrons. The van der Waals surface area contributed by atoms with Crippen LogP contribution in [0, 0.1) is 5.92 Å². The third kappa shape index (κ3) is 3.32. The van der Waals surface area contributed by atoms with E-state index >= 15 is 0 Å². The average Bonchev–Trinajstić information content (AvgIpc) is 2.88. The van der Waals surface area contributed by atoms with E-state index in [-0.39, 0.29) is 18.7 Å². The number of likely N-dealkylation sites (N-methyl/N-ethyl adjacent to an activating group) is 1. The minimum atomic E-state index is -0.920. The first-order valence-electron chi connectivity index (χ1n) is 7.00. The number of carboxylic acids is 1. The average molecular weight is 297 g/mol. The van der Waals surface area contributed by atoms with Gasteiger partial charge < -0.3 is 15.7 Å². The number of carboxylic acid groups (broad SMARTS) is 1. The van der Waals surface area contributed by atoms with Gasteiger partial charge in [-0.1, -0.05) is 6.42 Å². The molecule has 0 aromatic rings. The first-order valence-corrected chi connectivity index (χ1v) is 7.00. The van der Waals surface area contributed by atoms with Crippen LogP contribution in [0.1, 0.15) is 32.1 Å². The molecule has 1 saturated carbocycles. The number of nitrogens with one attached hydrogen (secondary N) is 2. The van der Waals surface area contributed by atoms with E-state index in [0.29, 0.717) is 12.8 Å². The van der Waals surface area contributed by atoms with Crippen molar-refractivity contribution in [1.29, 1.82) is 0 Å². The molecule has 2 rings (SSSR count). The topological polar surface area (TPSA) is 116 Å². The monoisotopic (exact) mass is 297 g/mol. The fourth-order valence-electron chi connectivity index (χ4n) is 2.85. The minimum absolute atomic E-state index is 0.203. The van der Waals surface area contributed by atoms with E-state index in [0.717, 1.165) is 11.3 Å². The van der Waals surface area contributed by atoms with Gasteiger partial charge in [-0.2, -0.15) is 0 Å². The summed E-state index contributed by atoms with van der Waals surface area (Å²) >= 11 is 0. The molecular weight excluding hydrogens is 278 g/mol. The molecule has 3 N–H and O–H groups in total. The van der Waals surface area contributed by atoms with E-state index in [1.807, 2.05) is 0 Å². The Morgan fingerprint density at radius 3 is 2.57 bits per heavy atom. The molecule has 2 fully saturated rings. The molecule has 1 heterocycles. The fourth-order valence-corrected chi connectivity index (χ4v) is 2.85. The summed E-state index contributed by atoms with van der Waals surface area (Å²) in [5.41, 5.74) is 0. The number of nitrogens with zero attached hydrogens (tertiary/aromatic N) is 1. The highest BCUT2D eigenvalue weighted by Gasteiger charge is 2.36. The van der Waals surface area contributed by atoms with Gasteiger partial charge in [0.15, 0.2) is 0 Å². The van der Waals surface area contributed by atoms with Crippen molar-refractivity contribution in [3.05, 3.63) is 0 Å². The number of rotatable bonds is 3. The number of carbonyl (C=O) groups is 4. The zero-order valence-electron chi connectivity index (χ0n) is 11.8. The molecule has 0 bridgehead atoms. The third-order valence-electron chi connectivity index (χ3n) is 4.10. The summed E-state index contributed by atoms with van der Waals surface area (Å²) in [6.07, 6.45) is 2.37. The van der Waals surface area contributed by atoms with Gasteiger partial charge in [0.25, 0.3) is 5.91 Å². The molecule has 1 aliphatic carbocycles. The molecule has 21 heavy (non-hydrogen) atoms. The third-order valence-corrected chi connectivity index (χ3v) is 4.10. The summed E-state index contributed by atoms with van der Waals surface area (Å²) in [5.74, 6) is -2.21. The second kappa shape index (κ2) is 6.11. The Kier molecular flexibility index (Phi) is 4.44. The molecule has 0 aromatic carbocycles. The highest BCUT2D eigenvalue weighted by molar-refractivity contribution is 6.01. The minimum Gasteiger partial charge on any atom is -0.481 e. The summed E-state index contributed by atoms with van der Waals surface area (Å²) in [5, 5.41) is 14.2. The Morgan fingerprint density at radius 2 is 1.90 bits per heavy atom. The van der Waals surface area contributed by atoms with Crippen LogP contribution in [0.4, 0.5) is 4.79 Å². The van der Waals surface area contributed by atoms with Crippen LogP contribution in [0.3, 0.4) is 0 Å². The maximum absolute atomic E-state index is 11.9. The molecule has 8 heteroatoms. The highest BCUT2D eigenvalue weighted by Crippen LogP contribution is 2.25. The van der Waals surface area contributed by atoms with Gasteiger partial charge in [0.05, 0.1) is 5.92 Å². The molecular formula is C13H19N3O5. The van der Waals surface area contributed by atoms with Gasteiger partial charge in [-0.05, 0) is 19.3 Å². The standard InChI is InChI=1S/C13H19N3O5/c1-16-10(17)6-5-9(11(16)18)15-13(21)14-8-4-2-3-7(8)12(19)20/h7-9H,2-6H2,1H3,(H,19,20)(H2,14,15,21). The van der Waals surface area contributed by atoms with Gasteiger partial charge in [-0.25, -0.2) is 4.79 Å². The van der Waals surface area contributed by atoms with E-state index in [2.05, 4.69) is 10.6 Å². The lowest BCUT2D eigenvalue weighted by molar-refractivity contribution is -0.148. The lowest BCUT2D eigenvalue weighted by atomic mass is 10.0. The van der Waals surface area contributed by atoms with Crippen LogP contribution in [0.25, 0.3) is 0 Å². The number of hydrogen-bond acceptors (Lipinski definition) is 4. The van der Waals surface area contributed by atoms with Crippen LogP contribution in [-0.2, 0) is 14.4 Å². The van der Waals surface area contributed by atoms with Crippen LogP contribution in [0.2, 0.25) is 0 Å². The van der Waals surface area contributed by atoms with Crippen LogP contribution in [0.5, 0.6) is 0 Å². The van der Waals surface area contributed by atoms with E-state index in [1.54, 1.807) is 0 Å². The summed E-state index contributed by atoms with van der Waals surface area (Å²) in [4.78, 5) is 47.1. The van der Waals surface area contributed by atoms with E-state index in [4.69, 9.17) is 5.11 Å². The van der Waals surface area contributed by atoms with Crippen molar-refractivity contribution in [2.75, 3.05) is 7.05 Å². The van der Waals surface area contributed by atoms with Crippen LogP contribution in [-0.4, -0.2) is 53.0 Å². The second-order valence-electron chi connectivity index (χ2n) is 5.48. The van der Waals surface area contributed by atoms with Gasteiger partial charge >= 0.3 is 12.0 Å². The normalized spacial score (nSPS) is 29.4. The zero-order chi connectivity index (χ0) is 15.6. The van der Waals surface area contributed by atoms with Crippen molar-refractivity contribution < 1.29 is 24.3 Å². The first kappa shape index (κ1) is 15.3. The van der Waals surface area contributed by atoms with Crippen molar-refractivity contribution in [1.82, 2.24) is 15.5 Å². The molecule has 0 radical (unpaired) electrons. The Morgan fingerprint density at radius 1 is 1.19 bits per heavy atom. The molecule has 0 aromatic heterocycles. The maximum atomic E-state index is 11.9. The van der Waals surface area contributed by atoms with E-state index in [1.165, 1.54) is 7.05 Å². The van der Waals surface area contributed by atoms with Gasteiger partial charge in [0.2, 0.25) is 5.91 Å². The SMILES string of the molecule is CN1C(=O)CCC(NC(=O)NC2CCCC2C(=O)O)C1=O. The number of urea groups is 1. The van der Waals surface area contributed by atoms with Crippen LogP contribution in [0.15, 0.2) is 0 Å². The largest absolute Gasteiger partial charge is 0.481 e. The van der Waals surface area contributed by atoms with E-state index < -0.39 is 35.9 Å². The van der Waals surface area contributed by atoms with Gasteiger partial charge in [0, 0.05) is 19.5 Å². The van der Waals surface area contributed by atoms with Crippen LogP contribution >= 0.6 is 0 Å². The van der Waals surface area contributed by atoms with Gasteiger partial charge in [-0.15, -0.1) is 0 Å². The van der Waals surface area contributed by atoms with Gasteiger partial charge in [0.1, 0.15) is 6.04 Å².